The van der Waals surface area contributed by atoms with Gasteiger partial charge in [0.15, 0.2) is 0 Å². The predicted octanol–water partition coefficient (Wildman–Crippen LogP) is 2.44. The number of hydrogen-bond donors (Lipinski definition) is 0. The van der Waals surface area contributed by atoms with Gasteiger partial charge in [-0.15, -0.1) is 0 Å². The Hall–Kier alpha value is -1.40. The highest BCUT2D eigenvalue weighted by Crippen LogP contribution is 2.08. The van der Waals surface area contributed by atoms with Crippen LogP contribution in [0.15, 0.2) is 12.8 Å². The normalized spacial score (nSPS) is 10.8. The third-order valence-corrected chi connectivity index (χ3v) is 1.64. The first-order valence-electron chi connectivity index (χ1n) is 5.71. The lowest BCUT2D eigenvalue weighted by molar-refractivity contribution is -0.514. The lowest BCUT2D eigenvalue weighted by atomic mass is 10.2. The van der Waals surface area contributed by atoms with Gasteiger partial charge in [0.1, 0.15) is 0 Å². The molecule has 0 spiro atoms. The van der Waals surface area contributed by atoms with Gasteiger partial charge in [0.2, 0.25) is 0 Å². The van der Waals surface area contributed by atoms with E-state index in [1.807, 2.05) is 0 Å². The van der Waals surface area contributed by atoms with Crippen molar-refractivity contribution in [2.75, 3.05) is 0 Å². The average molecular weight is 260 g/mol. The van der Waals surface area contributed by atoms with Crippen molar-refractivity contribution in [1.82, 2.24) is 0 Å². The van der Waals surface area contributed by atoms with Gasteiger partial charge in [-0.1, -0.05) is 6.58 Å². The van der Waals surface area contributed by atoms with Crippen molar-refractivity contribution in [1.29, 1.82) is 0 Å². The van der Waals surface area contributed by atoms with Crippen molar-refractivity contribution >= 4 is 11.9 Å². The summed E-state index contributed by atoms with van der Waals surface area (Å²) in [4.78, 5) is 31.2. The second-order valence-electron chi connectivity index (χ2n) is 4.58. The third kappa shape index (κ3) is 11.1. The molecule has 0 bridgehead atoms. The van der Waals surface area contributed by atoms with Crippen molar-refractivity contribution in [2.24, 2.45) is 0 Å². The summed E-state index contributed by atoms with van der Waals surface area (Å²) in [6, 6.07) is 0. The van der Waals surface area contributed by atoms with Crippen molar-refractivity contribution in [2.45, 2.75) is 52.1 Å². The van der Waals surface area contributed by atoms with Crippen LogP contribution in [0.2, 0.25) is 0 Å². The molecule has 0 fully saturated rings. The molecule has 0 aromatic heterocycles. The fraction of sp³-hybridized carbons (Fsp3) is 0.667. The Bertz CT molecular complexity index is 279. The molecule has 0 saturated heterocycles. The summed E-state index contributed by atoms with van der Waals surface area (Å²) in [7, 11) is 0. The molecule has 18 heavy (non-hydrogen) atoms. The Morgan fingerprint density at radius 3 is 2.17 bits per heavy atom. The van der Waals surface area contributed by atoms with Gasteiger partial charge in [0.25, 0.3) is 0 Å². The van der Waals surface area contributed by atoms with Gasteiger partial charge >= 0.3 is 11.9 Å². The molecule has 0 aromatic carbocycles. The summed E-state index contributed by atoms with van der Waals surface area (Å²) in [5.41, 5.74) is -0.547. The third-order valence-electron chi connectivity index (χ3n) is 1.64. The van der Waals surface area contributed by atoms with Crippen molar-refractivity contribution < 1.29 is 29.1 Å². The van der Waals surface area contributed by atoms with E-state index in [9.17, 15) is 9.59 Å². The molecule has 0 amide bonds. The summed E-state index contributed by atoms with van der Waals surface area (Å²) in [5.74, 6) is -0.915. The number of carbonyl (C=O) groups excluding carboxylic acids is 2. The monoisotopic (exact) mass is 260 g/mol. The van der Waals surface area contributed by atoms with Gasteiger partial charge in [-0.3, -0.25) is 9.68 Å². The number of rotatable bonds is 8. The van der Waals surface area contributed by atoms with Gasteiger partial charge in [0, 0.05) is 12.8 Å². The first-order valence-corrected chi connectivity index (χ1v) is 5.71. The molecule has 0 unspecified atom stereocenters. The summed E-state index contributed by atoms with van der Waals surface area (Å²) >= 11 is 0. The molecule has 0 aliphatic carbocycles. The van der Waals surface area contributed by atoms with Crippen LogP contribution in [0.4, 0.5) is 0 Å². The topological polar surface area (TPSA) is 71.1 Å². The van der Waals surface area contributed by atoms with Crippen LogP contribution in [0.3, 0.4) is 0 Å². The van der Waals surface area contributed by atoms with Crippen LogP contribution in [0.25, 0.3) is 0 Å². The first kappa shape index (κ1) is 16.6. The molecule has 0 N–H and O–H groups in total. The van der Waals surface area contributed by atoms with E-state index in [2.05, 4.69) is 21.2 Å². The van der Waals surface area contributed by atoms with Gasteiger partial charge < -0.3 is 4.74 Å². The molecular weight excluding hydrogens is 240 g/mol. The van der Waals surface area contributed by atoms with Crippen LogP contribution in [0, 0.1) is 0 Å². The Labute approximate surface area is 107 Å². The molecule has 0 rings (SSSR count). The molecule has 0 saturated carbocycles. The number of esters is 1. The molecule has 6 heteroatoms. The average Bonchev–Trinajstić information content (AvgIpc) is 2.23. The maximum atomic E-state index is 11.1. The summed E-state index contributed by atoms with van der Waals surface area (Å²) in [6.45, 7) is 8.53. The highest BCUT2D eigenvalue weighted by molar-refractivity contribution is 5.70. The standard InChI is InChI=1S/C12H20O6/c1-5-15-10(13)8-6-7-9-11(14)16-18-17-12(2,3)4/h5H,1,6-9H2,2-4H3. The Morgan fingerprint density at radius 2 is 1.67 bits per heavy atom. The Kier molecular flexibility index (Phi) is 7.98. The molecule has 0 heterocycles. The fourth-order valence-electron chi connectivity index (χ4n) is 0.889. The maximum absolute atomic E-state index is 11.1. The van der Waals surface area contributed by atoms with Crippen molar-refractivity contribution in [3.8, 4) is 0 Å². The van der Waals surface area contributed by atoms with E-state index >= 15 is 0 Å². The summed E-state index contributed by atoms with van der Waals surface area (Å²) < 4.78 is 4.52. The van der Waals surface area contributed by atoms with Gasteiger partial charge in [0.05, 0.1) is 11.9 Å². The lowest BCUT2D eigenvalue weighted by Crippen LogP contribution is -2.20. The van der Waals surface area contributed by atoms with Crippen LogP contribution in [0.1, 0.15) is 46.5 Å². The van der Waals surface area contributed by atoms with Crippen LogP contribution in [-0.4, -0.2) is 17.5 Å². The zero-order chi connectivity index (χ0) is 14.0. The van der Waals surface area contributed by atoms with E-state index < -0.39 is 11.6 Å². The molecular formula is C12H20O6. The SMILES string of the molecule is C=COC(=O)CCCCC(=O)OOOC(C)(C)C. The van der Waals surface area contributed by atoms with E-state index in [-0.39, 0.29) is 18.8 Å². The number of ether oxygens (including phenoxy) is 1. The van der Waals surface area contributed by atoms with E-state index in [0.717, 1.165) is 6.26 Å². The van der Waals surface area contributed by atoms with Crippen molar-refractivity contribution in [3.63, 3.8) is 0 Å². The number of unbranched alkanes of at least 4 members (excludes halogenated alkanes) is 1. The minimum Gasteiger partial charge on any atom is -0.435 e. The minimum atomic E-state index is -0.547. The molecule has 0 radical (unpaired) electrons. The van der Waals surface area contributed by atoms with Gasteiger partial charge in [-0.2, -0.15) is 4.89 Å². The van der Waals surface area contributed by atoms with E-state index in [4.69, 9.17) is 4.89 Å². The van der Waals surface area contributed by atoms with Crippen molar-refractivity contribution in [3.05, 3.63) is 12.8 Å². The van der Waals surface area contributed by atoms with E-state index in [1.165, 1.54) is 0 Å². The van der Waals surface area contributed by atoms with Crippen LogP contribution in [0.5, 0.6) is 0 Å². The van der Waals surface area contributed by atoms with Crippen LogP contribution >= 0.6 is 0 Å². The number of carbonyl (C=O) groups is 2. The molecule has 0 aromatic rings. The van der Waals surface area contributed by atoms with Gasteiger partial charge in [-0.05, 0) is 38.7 Å². The Morgan fingerprint density at radius 1 is 1.11 bits per heavy atom. The highest BCUT2D eigenvalue weighted by atomic mass is 17.5. The molecule has 0 aliphatic heterocycles. The van der Waals surface area contributed by atoms with Crippen LogP contribution < -0.4 is 0 Å². The zero-order valence-corrected chi connectivity index (χ0v) is 11.1. The highest BCUT2D eigenvalue weighted by Gasteiger charge is 2.14. The van der Waals surface area contributed by atoms with E-state index in [1.54, 1.807) is 20.8 Å². The quantitative estimate of drug-likeness (QED) is 0.219. The molecule has 104 valence electrons. The lowest BCUT2D eigenvalue weighted by Gasteiger charge is -2.15. The largest absolute Gasteiger partial charge is 0.435 e. The number of hydrogen-bond acceptors (Lipinski definition) is 6. The second-order valence-corrected chi connectivity index (χ2v) is 4.58. The second kappa shape index (κ2) is 8.66. The summed E-state index contributed by atoms with van der Waals surface area (Å²) in [6.07, 6.45) is 2.49. The van der Waals surface area contributed by atoms with E-state index in [0.29, 0.717) is 12.8 Å². The zero-order valence-electron chi connectivity index (χ0n) is 11.1. The Balaban J connectivity index is 3.48. The first-order chi connectivity index (χ1) is 8.35. The summed E-state index contributed by atoms with van der Waals surface area (Å²) in [5, 5.41) is 4.32. The smallest absolute Gasteiger partial charge is 0.345 e. The predicted molar refractivity (Wildman–Crippen MR) is 62.8 cm³/mol. The van der Waals surface area contributed by atoms with Crippen LogP contribution in [-0.2, 0) is 29.1 Å². The fourth-order valence-corrected chi connectivity index (χ4v) is 0.889. The van der Waals surface area contributed by atoms with Gasteiger partial charge in [-0.25, -0.2) is 4.79 Å². The molecule has 0 atom stereocenters. The minimum absolute atomic E-state index is 0.148. The molecule has 6 nitrogen and oxygen atoms in total. The maximum Gasteiger partial charge on any atom is 0.345 e. The molecule has 0 aliphatic rings.